The molecule has 32 heavy (non-hydrogen) atoms. The van der Waals surface area contributed by atoms with Crippen molar-refractivity contribution in [2.75, 3.05) is 6.61 Å². The van der Waals surface area contributed by atoms with Crippen LogP contribution in [0.1, 0.15) is 46.1 Å². The molecule has 0 bridgehead atoms. The van der Waals surface area contributed by atoms with Crippen LogP contribution in [0.5, 0.6) is 11.9 Å². The number of aromatic amines is 1. The molecule has 0 aliphatic carbocycles. The van der Waals surface area contributed by atoms with Crippen molar-refractivity contribution in [2.45, 2.75) is 53.6 Å². The van der Waals surface area contributed by atoms with E-state index in [4.69, 9.17) is 9.47 Å². The van der Waals surface area contributed by atoms with Gasteiger partial charge in [-0.1, -0.05) is 13.8 Å². The number of pyridine rings is 2. The first-order valence-corrected chi connectivity index (χ1v) is 10.6. The summed E-state index contributed by atoms with van der Waals surface area (Å²) < 4.78 is 11.3. The summed E-state index contributed by atoms with van der Waals surface area (Å²) in [5.74, 6) is 0.0459. The molecule has 0 saturated heterocycles. The number of H-pyrrole nitrogens is 1. The van der Waals surface area contributed by atoms with Crippen LogP contribution in [0.3, 0.4) is 0 Å². The first kappa shape index (κ1) is 23.2. The highest BCUT2D eigenvalue weighted by Gasteiger charge is 2.28. The Labute approximate surface area is 187 Å². The normalized spacial score (nSPS) is 11.6. The van der Waals surface area contributed by atoms with Gasteiger partial charge >= 0.3 is 12.0 Å². The largest absolute Gasteiger partial charge is 0.481 e. The van der Waals surface area contributed by atoms with Crippen LogP contribution >= 0.6 is 0 Å². The molecule has 0 aromatic carbocycles. The van der Waals surface area contributed by atoms with Crippen molar-refractivity contribution in [2.24, 2.45) is 5.41 Å². The summed E-state index contributed by atoms with van der Waals surface area (Å²) in [6.45, 7) is 9.31. The van der Waals surface area contributed by atoms with Crippen molar-refractivity contribution < 1.29 is 19.4 Å². The van der Waals surface area contributed by atoms with E-state index < -0.39 is 11.4 Å². The first-order chi connectivity index (χ1) is 15.2. The number of carbonyl (C=O) groups is 1. The molecule has 3 aromatic rings. The maximum Gasteiger partial charge on any atom is 0.336 e. The Morgan fingerprint density at radius 3 is 2.53 bits per heavy atom. The lowest BCUT2D eigenvalue weighted by Gasteiger charge is -2.19. The number of aliphatic carboxylic acids is 1. The van der Waals surface area contributed by atoms with Gasteiger partial charge in [0.15, 0.2) is 5.82 Å². The molecule has 0 saturated carbocycles. The number of aromatic nitrogens is 5. The zero-order valence-electron chi connectivity index (χ0n) is 19.0. The molecule has 3 heterocycles. The summed E-state index contributed by atoms with van der Waals surface area (Å²) in [7, 11) is 0. The van der Waals surface area contributed by atoms with Crippen LogP contribution in [0.2, 0.25) is 0 Å². The second kappa shape index (κ2) is 9.76. The lowest BCUT2D eigenvalue weighted by molar-refractivity contribution is -0.148. The first-order valence-electron chi connectivity index (χ1n) is 10.6. The zero-order valence-corrected chi connectivity index (χ0v) is 19.0. The Morgan fingerprint density at radius 2 is 1.94 bits per heavy atom. The van der Waals surface area contributed by atoms with Gasteiger partial charge in [0.25, 0.3) is 0 Å². The third kappa shape index (κ3) is 5.40. The smallest absolute Gasteiger partial charge is 0.336 e. The second-order valence-electron chi connectivity index (χ2n) is 8.27. The van der Waals surface area contributed by atoms with Crippen molar-refractivity contribution in [3.8, 4) is 34.5 Å². The maximum atomic E-state index is 11.2. The summed E-state index contributed by atoms with van der Waals surface area (Å²) in [5, 5.41) is 16.2. The molecule has 9 heteroatoms. The summed E-state index contributed by atoms with van der Waals surface area (Å²) in [5.41, 5.74) is 2.33. The number of nitrogens with zero attached hydrogens (tertiary/aromatic N) is 4. The van der Waals surface area contributed by atoms with E-state index in [1.807, 2.05) is 19.1 Å². The highest BCUT2D eigenvalue weighted by molar-refractivity contribution is 5.73. The fourth-order valence-corrected chi connectivity index (χ4v) is 2.92. The van der Waals surface area contributed by atoms with Crippen LogP contribution in [-0.4, -0.2) is 48.9 Å². The molecule has 0 unspecified atom stereocenters. The number of aryl methyl sites for hydroxylation is 1. The number of hydrogen-bond donors (Lipinski definition) is 2. The lowest BCUT2D eigenvalue weighted by Crippen LogP contribution is -2.30. The number of carboxylic acid groups (broad SMARTS) is 1. The minimum atomic E-state index is -0.995. The van der Waals surface area contributed by atoms with Crippen LogP contribution in [0.4, 0.5) is 0 Å². The quantitative estimate of drug-likeness (QED) is 0.479. The van der Waals surface area contributed by atoms with Crippen LogP contribution in [0.15, 0.2) is 30.6 Å². The average Bonchev–Trinajstić information content (AvgIpc) is 3.25. The topological polar surface area (TPSA) is 123 Å². The maximum absolute atomic E-state index is 11.2. The molecule has 0 atom stereocenters. The Hall–Kier alpha value is -3.49. The number of rotatable bonds is 10. The predicted molar refractivity (Wildman–Crippen MR) is 119 cm³/mol. The molecule has 9 nitrogen and oxygen atoms in total. The lowest BCUT2D eigenvalue weighted by atomic mass is 9.95. The Balaban J connectivity index is 1.71. The standard InChI is InChI=1S/C23H29N5O4/c1-6-16(7-2)32-22-26-20(27-28-22)15-8-9-18(24-11-15)17-12-25-19(10-14(17)3)31-13-23(4,5)21(29)30/h8-12,16H,6-7,13H2,1-5H3,(H,29,30)(H,26,27,28). The van der Waals surface area contributed by atoms with Gasteiger partial charge in [-0.15, -0.1) is 5.10 Å². The van der Waals surface area contributed by atoms with Crippen LogP contribution in [0, 0.1) is 12.3 Å². The van der Waals surface area contributed by atoms with Gasteiger partial charge in [-0.05, 0) is 51.3 Å². The fourth-order valence-electron chi connectivity index (χ4n) is 2.92. The van der Waals surface area contributed by atoms with E-state index in [1.54, 1.807) is 32.3 Å². The van der Waals surface area contributed by atoms with Crippen molar-refractivity contribution in [3.63, 3.8) is 0 Å². The number of nitrogens with one attached hydrogen (secondary N) is 1. The molecular formula is C23H29N5O4. The number of ether oxygens (including phenoxy) is 2. The van der Waals surface area contributed by atoms with Crippen molar-refractivity contribution >= 4 is 5.97 Å². The highest BCUT2D eigenvalue weighted by atomic mass is 16.5. The summed E-state index contributed by atoms with van der Waals surface area (Å²) >= 11 is 0. The Morgan fingerprint density at radius 1 is 1.19 bits per heavy atom. The van der Waals surface area contributed by atoms with Crippen molar-refractivity contribution in [1.29, 1.82) is 0 Å². The van der Waals surface area contributed by atoms with E-state index in [1.165, 1.54) is 0 Å². The van der Waals surface area contributed by atoms with Gasteiger partial charge < -0.3 is 14.6 Å². The molecule has 3 rings (SSSR count). The SMILES string of the molecule is CCC(CC)Oc1n[nH]c(-c2ccc(-c3cnc(OCC(C)(C)C(=O)O)cc3C)nc2)n1. The third-order valence-electron chi connectivity index (χ3n) is 5.21. The molecule has 0 radical (unpaired) electrons. The van der Waals surface area contributed by atoms with E-state index in [2.05, 4.69) is 39.0 Å². The number of carboxylic acids is 1. The van der Waals surface area contributed by atoms with Crippen LogP contribution in [0.25, 0.3) is 22.6 Å². The summed E-state index contributed by atoms with van der Waals surface area (Å²) in [6, 6.07) is 5.90. The van der Waals surface area contributed by atoms with Gasteiger partial charge in [-0.2, -0.15) is 4.98 Å². The minimum Gasteiger partial charge on any atom is -0.481 e. The molecule has 2 N–H and O–H groups in total. The van der Waals surface area contributed by atoms with E-state index in [9.17, 15) is 9.90 Å². The van der Waals surface area contributed by atoms with Crippen molar-refractivity contribution in [1.82, 2.24) is 25.1 Å². The zero-order chi connectivity index (χ0) is 23.3. The van der Waals surface area contributed by atoms with Crippen LogP contribution < -0.4 is 9.47 Å². The van der Waals surface area contributed by atoms with Gasteiger partial charge in [0.05, 0.1) is 11.1 Å². The Kier molecular flexibility index (Phi) is 7.07. The minimum absolute atomic E-state index is 0.0290. The monoisotopic (exact) mass is 439 g/mol. The van der Waals surface area contributed by atoms with Gasteiger partial charge in [0.1, 0.15) is 12.7 Å². The van der Waals surface area contributed by atoms with E-state index in [0.29, 0.717) is 17.7 Å². The van der Waals surface area contributed by atoms with E-state index >= 15 is 0 Å². The molecule has 170 valence electrons. The van der Waals surface area contributed by atoms with Gasteiger partial charge in [0.2, 0.25) is 5.88 Å². The molecular weight excluding hydrogens is 410 g/mol. The van der Waals surface area contributed by atoms with Crippen molar-refractivity contribution in [3.05, 3.63) is 36.2 Å². The molecule has 0 fully saturated rings. The van der Waals surface area contributed by atoms with E-state index in [0.717, 1.165) is 35.2 Å². The second-order valence-corrected chi connectivity index (χ2v) is 8.27. The summed E-state index contributed by atoms with van der Waals surface area (Å²) in [4.78, 5) is 24.5. The highest BCUT2D eigenvalue weighted by Crippen LogP contribution is 2.26. The Bertz CT molecular complexity index is 1060. The van der Waals surface area contributed by atoms with Gasteiger partial charge in [0, 0.05) is 29.6 Å². The van der Waals surface area contributed by atoms with Gasteiger partial charge in [-0.3, -0.25) is 14.9 Å². The summed E-state index contributed by atoms with van der Waals surface area (Å²) in [6.07, 6.45) is 5.28. The van der Waals surface area contributed by atoms with Crippen LogP contribution in [-0.2, 0) is 4.79 Å². The predicted octanol–water partition coefficient (Wildman–Crippen LogP) is 4.29. The molecule has 3 aromatic heterocycles. The molecule has 0 amide bonds. The third-order valence-corrected chi connectivity index (χ3v) is 5.21. The van der Waals surface area contributed by atoms with Gasteiger partial charge in [-0.25, -0.2) is 4.98 Å². The van der Waals surface area contributed by atoms with E-state index in [-0.39, 0.29) is 12.7 Å². The number of hydrogen-bond acceptors (Lipinski definition) is 7. The molecule has 0 spiro atoms. The fraction of sp³-hybridized carbons (Fsp3) is 0.435. The molecule has 0 aliphatic rings. The molecule has 0 aliphatic heterocycles. The average molecular weight is 440 g/mol.